The van der Waals surface area contributed by atoms with Crippen molar-refractivity contribution in [2.24, 2.45) is 5.73 Å². The molecule has 0 aliphatic carbocycles. The number of aryl methyl sites for hydroxylation is 2. The zero-order valence-electron chi connectivity index (χ0n) is 17.1. The highest BCUT2D eigenvalue weighted by molar-refractivity contribution is 7.14. The fraction of sp³-hybridized carbons (Fsp3) is 0.320. The van der Waals surface area contributed by atoms with Crippen molar-refractivity contribution >= 4 is 29.7 Å². The average molecular weight is 441 g/mol. The number of amides is 1. The summed E-state index contributed by atoms with van der Waals surface area (Å²) in [7, 11) is 0. The summed E-state index contributed by atoms with van der Waals surface area (Å²) in [6.45, 7) is 2.23. The van der Waals surface area contributed by atoms with E-state index < -0.39 is 0 Å². The molecule has 0 bridgehead atoms. The zero-order valence-corrected chi connectivity index (χ0v) is 18.8. The van der Waals surface area contributed by atoms with Crippen LogP contribution in [0.15, 0.2) is 66.7 Å². The first-order valence-corrected chi connectivity index (χ1v) is 11.3. The van der Waals surface area contributed by atoms with Gasteiger partial charge in [0, 0.05) is 24.5 Å². The lowest BCUT2D eigenvalue weighted by atomic mass is 9.88. The maximum absolute atomic E-state index is 13.0. The van der Waals surface area contributed by atoms with E-state index in [-0.39, 0.29) is 18.3 Å². The number of halogens is 1. The molecule has 2 heterocycles. The van der Waals surface area contributed by atoms with E-state index in [4.69, 9.17) is 5.73 Å². The van der Waals surface area contributed by atoms with E-state index in [9.17, 15) is 4.79 Å². The number of hydrogen-bond acceptors (Lipinski definition) is 3. The van der Waals surface area contributed by atoms with Gasteiger partial charge in [-0.25, -0.2) is 0 Å². The minimum absolute atomic E-state index is 0. The molecule has 0 spiro atoms. The molecule has 3 nitrogen and oxygen atoms in total. The quantitative estimate of drug-likeness (QED) is 0.555. The van der Waals surface area contributed by atoms with Crippen LogP contribution >= 0.6 is 23.7 Å². The second kappa shape index (κ2) is 10.8. The van der Waals surface area contributed by atoms with E-state index in [0.717, 1.165) is 43.6 Å². The molecule has 0 unspecified atom stereocenters. The third kappa shape index (κ3) is 5.51. The lowest BCUT2D eigenvalue weighted by molar-refractivity contribution is 0.0718. The van der Waals surface area contributed by atoms with Crippen molar-refractivity contribution in [3.05, 3.63) is 93.2 Å². The van der Waals surface area contributed by atoms with Crippen LogP contribution in [-0.2, 0) is 19.4 Å². The number of nitrogens with two attached hydrogens (primary N) is 1. The molecule has 0 atom stereocenters. The predicted octanol–water partition coefficient (Wildman–Crippen LogP) is 5.43. The Hall–Kier alpha value is -2.14. The molecule has 3 aromatic rings. The van der Waals surface area contributed by atoms with E-state index in [1.165, 1.54) is 21.6 Å². The average Bonchev–Trinajstić information content (AvgIpc) is 3.27. The Morgan fingerprint density at radius 3 is 2.40 bits per heavy atom. The van der Waals surface area contributed by atoms with Crippen molar-refractivity contribution in [2.75, 3.05) is 13.1 Å². The lowest BCUT2D eigenvalue weighted by Crippen LogP contribution is -2.37. The molecule has 4 rings (SSSR count). The highest BCUT2D eigenvalue weighted by Gasteiger charge is 2.25. The first-order valence-electron chi connectivity index (χ1n) is 10.4. The Labute approximate surface area is 189 Å². The lowest BCUT2D eigenvalue weighted by Gasteiger charge is -2.32. The summed E-state index contributed by atoms with van der Waals surface area (Å²) in [4.78, 5) is 17.1. The SMILES string of the molecule is Cl.NCc1cccc(C2CCN(C(=O)c3ccc(CCc4ccccc4)s3)CC2)c1. The Morgan fingerprint density at radius 1 is 0.933 bits per heavy atom. The molecular weight excluding hydrogens is 412 g/mol. The second-order valence-electron chi connectivity index (χ2n) is 7.77. The van der Waals surface area contributed by atoms with Gasteiger partial charge in [-0.05, 0) is 60.4 Å². The minimum Gasteiger partial charge on any atom is -0.338 e. The molecule has 1 fully saturated rings. The van der Waals surface area contributed by atoms with Crippen molar-refractivity contribution in [1.29, 1.82) is 0 Å². The van der Waals surface area contributed by atoms with Gasteiger partial charge in [-0.2, -0.15) is 0 Å². The van der Waals surface area contributed by atoms with Crippen LogP contribution in [0.5, 0.6) is 0 Å². The van der Waals surface area contributed by atoms with Gasteiger partial charge in [0.05, 0.1) is 4.88 Å². The van der Waals surface area contributed by atoms with Crippen LogP contribution in [0.3, 0.4) is 0 Å². The number of thiophene rings is 1. The van der Waals surface area contributed by atoms with Crippen LogP contribution in [0.2, 0.25) is 0 Å². The summed E-state index contributed by atoms with van der Waals surface area (Å²) in [5.74, 6) is 0.713. The highest BCUT2D eigenvalue weighted by atomic mass is 35.5. The van der Waals surface area contributed by atoms with Crippen molar-refractivity contribution in [3.63, 3.8) is 0 Å². The van der Waals surface area contributed by atoms with E-state index in [1.54, 1.807) is 11.3 Å². The Morgan fingerprint density at radius 2 is 1.67 bits per heavy atom. The minimum atomic E-state index is 0. The second-order valence-corrected chi connectivity index (χ2v) is 8.94. The van der Waals surface area contributed by atoms with Crippen molar-refractivity contribution in [3.8, 4) is 0 Å². The van der Waals surface area contributed by atoms with Crippen LogP contribution < -0.4 is 5.73 Å². The van der Waals surface area contributed by atoms with E-state index in [1.807, 2.05) is 17.0 Å². The number of likely N-dealkylation sites (tertiary alicyclic amines) is 1. The largest absolute Gasteiger partial charge is 0.338 e. The van der Waals surface area contributed by atoms with Crippen molar-refractivity contribution < 1.29 is 4.79 Å². The molecule has 30 heavy (non-hydrogen) atoms. The van der Waals surface area contributed by atoms with Gasteiger partial charge in [-0.15, -0.1) is 23.7 Å². The van der Waals surface area contributed by atoms with Crippen LogP contribution in [0.1, 0.15) is 50.0 Å². The molecule has 1 aliphatic rings. The Kier molecular flexibility index (Phi) is 8.08. The third-order valence-corrected chi connectivity index (χ3v) is 6.95. The van der Waals surface area contributed by atoms with Crippen LogP contribution in [0.25, 0.3) is 0 Å². The third-order valence-electron chi connectivity index (χ3n) is 5.82. The van der Waals surface area contributed by atoms with Gasteiger partial charge >= 0.3 is 0 Å². The first kappa shape index (κ1) is 22.5. The zero-order chi connectivity index (χ0) is 20.1. The standard InChI is InChI=1S/C25H28N2OS.ClH/c26-18-20-7-4-8-22(17-20)21-13-15-27(16-14-21)25(28)24-12-11-23(29-24)10-9-19-5-2-1-3-6-19;/h1-8,11-12,17,21H,9-10,13-16,18,26H2;1H. The molecule has 0 saturated carbocycles. The van der Waals surface area contributed by atoms with Crippen LogP contribution in [-0.4, -0.2) is 23.9 Å². The molecule has 1 aromatic heterocycles. The summed E-state index contributed by atoms with van der Waals surface area (Å²) in [6, 6.07) is 23.2. The van der Waals surface area contributed by atoms with E-state index in [0.29, 0.717) is 12.5 Å². The van der Waals surface area contributed by atoms with E-state index >= 15 is 0 Å². The summed E-state index contributed by atoms with van der Waals surface area (Å²) >= 11 is 1.65. The predicted molar refractivity (Wildman–Crippen MR) is 128 cm³/mol. The van der Waals surface area contributed by atoms with Gasteiger partial charge in [0.15, 0.2) is 0 Å². The normalized spacial score (nSPS) is 14.4. The molecule has 0 radical (unpaired) electrons. The molecule has 158 valence electrons. The molecule has 1 aliphatic heterocycles. The number of piperidine rings is 1. The highest BCUT2D eigenvalue weighted by Crippen LogP contribution is 2.30. The number of nitrogens with zero attached hydrogens (tertiary/aromatic N) is 1. The molecular formula is C25H29ClN2OS. The molecule has 1 saturated heterocycles. The topological polar surface area (TPSA) is 46.3 Å². The van der Waals surface area contributed by atoms with Gasteiger partial charge < -0.3 is 10.6 Å². The number of carbonyl (C=O) groups excluding carboxylic acids is 1. The first-order chi connectivity index (χ1) is 14.2. The summed E-state index contributed by atoms with van der Waals surface area (Å²) < 4.78 is 0. The molecule has 5 heteroatoms. The van der Waals surface area contributed by atoms with Crippen molar-refractivity contribution in [2.45, 2.75) is 38.1 Å². The molecule has 2 N–H and O–H groups in total. The maximum Gasteiger partial charge on any atom is 0.263 e. The van der Waals surface area contributed by atoms with Gasteiger partial charge in [-0.3, -0.25) is 4.79 Å². The van der Waals surface area contributed by atoms with Gasteiger partial charge in [0.2, 0.25) is 0 Å². The smallest absolute Gasteiger partial charge is 0.263 e. The fourth-order valence-corrected chi connectivity index (χ4v) is 5.06. The summed E-state index contributed by atoms with van der Waals surface area (Å²) in [5.41, 5.74) is 9.66. The Bertz CT molecular complexity index is 949. The number of hydrogen-bond donors (Lipinski definition) is 1. The Balaban J connectivity index is 0.00000256. The van der Waals surface area contributed by atoms with Gasteiger partial charge in [-0.1, -0.05) is 54.6 Å². The summed E-state index contributed by atoms with van der Waals surface area (Å²) in [6.07, 6.45) is 4.04. The van der Waals surface area contributed by atoms with Crippen LogP contribution in [0, 0.1) is 0 Å². The monoisotopic (exact) mass is 440 g/mol. The summed E-state index contributed by atoms with van der Waals surface area (Å²) in [5, 5.41) is 0. The fourth-order valence-electron chi connectivity index (χ4n) is 4.09. The van der Waals surface area contributed by atoms with Gasteiger partial charge in [0.25, 0.3) is 5.91 Å². The number of carbonyl (C=O) groups is 1. The van der Waals surface area contributed by atoms with E-state index in [2.05, 4.69) is 54.6 Å². The van der Waals surface area contributed by atoms with Crippen molar-refractivity contribution in [1.82, 2.24) is 4.90 Å². The molecule has 1 amide bonds. The maximum atomic E-state index is 13.0. The van der Waals surface area contributed by atoms with Gasteiger partial charge in [0.1, 0.15) is 0 Å². The molecule has 2 aromatic carbocycles. The number of rotatable bonds is 6. The van der Waals surface area contributed by atoms with Crippen LogP contribution in [0.4, 0.5) is 0 Å². The number of benzene rings is 2.